The second-order valence-electron chi connectivity index (χ2n) is 2.95. The van der Waals surface area contributed by atoms with Gasteiger partial charge in [-0.05, 0) is 0 Å². The fourth-order valence-electron chi connectivity index (χ4n) is 1.17. The van der Waals surface area contributed by atoms with E-state index in [2.05, 4.69) is 4.74 Å². The summed E-state index contributed by atoms with van der Waals surface area (Å²) in [5.41, 5.74) is 0. The largest absolute Gasteiger partial charge is 0.455 e. The predicted molar refractivity (Wildman–Crippen MR) is 38.1 cm³/mol. The van der Waals surface area contributed by atoms with Crippen LogP contribution in [0.4, 0.5) is 0 Å². The van der Waals surface area contributed by atoms with E-state index in [9.17, 15) is 9.90 Å². The maximum atomic E-state index is 10.8. The van der Waals surface area contributed by atoms with Gasteiger partial charge in [-0.15, -0.1) is 0 Å². The number of aliphatic hydroxyl groups excluding tert-OH is 3. The Hall–Kier alpha value is -0.650. The Morgan fingerprint density at radius 2 is 2.08 bits per heavy atom. The Balaban J connectivity index is 2.70. The lowest BCUT2D eigenvalue weighted by Crippen LogP contribution is -2.52. The van der Waals surface area contributed by atoms with Crippen molar-refractivity contribution in [2.24, 2.45) is 5.92 Å². The molecule has 1 saturated heterocycles. The van der Waals surface area contributed by atoms with Gasteiger partial charge >= 0.3 is 5.97 Å². The third-order valence-corrected chi connectivity index (χ3v) is 2.11. The third-order valence-electron chi connectivity index (χ3n) is 2.11. The van der Waals surface area contributed by atoms with Crippen LogP contribution in [0.1, 0.15) is 6.92 Å². The molecule has 0 radical (unpaired) electrons. The molecule has 0 aromatic carbocycles. The average molecular weight is 176 g/mol. The molecule has 5 nitrogen and oxygen atoms in total. The van der Waals surface area contributed by atoms with E-state index in [1.54, 1.807) is 0 Å². The summed E-state index contributed by atoms with van der Waals surface area (Å²) >= 11 is 0. The van der Waals surface area contributed by atoms with E-state index in [0.29, 0.717) is 0 Å². The number of esters is 1. The van der Waals surface area contributed by atoms with E-state index < -0.39 is 36.8 Å². The molecule has 0 bridgehead atoms. The molecule has 3 N–H and O–H groups in total. The highest BCUT2D eigenvalue weighted by Gasteiger charge is 2.41. The van der Waals surface area contributed by atoms with Crippen LogP contribution in [-0.2, 0) is 9.53 Å². The molecule has 0 aromatic heterocycles. The Morgan fingerprint density at radius 3 is 2.58 bits per heavy atom. The highest BCUT2D eigenvalue weighted by Crippen LogP contribution is 2.21. The molecule has 1 fully saturated rings. The number of carbonyl (C=O) groups is 1. The first kappa shape index (κ1) is 9.44. The normalized spacial score (nSPS) is 42.5. The first-order valence-corrected chi connectivity index (χ1v) is 3.75. The van der Waals surface area contributed by atoms with Gasteiger partial charge in [0, 0.05) is 5.92 Å². The number of hydrogen-bond donors (Lipinski definition) is 3. The molecular formula is C7H12O5. The van der Waals surface area contributed by atoms with Gasteiger partial charge in [-0.2, -0.15) is 0 Å². The maximum Gasteiger partial charge on any atom is 0.335 e. The van der Waals surface area contributed by atoms with E-state index in [0.717, 1.165) is 0 Å². The molecule has 0 amide bonds. The van der Waals surface area contributed by atoms with E-state index in [-0.39, 0.29) is 0 Å². The van der Waals surface area contributed by atoms with Gasteiger partial charge in [0.25, 0.3) is 0 Å². The summed E-state index contributed by atoms with van der Waals surface area (Å²) in [4.78, 5) is 10.8. The van der Waals surface area contributed by atoms with Crippen LogP contribution in [0.15, 0.2) is 0 Å². The summed E-state index contributed by atoms with van der Waals surface area (Å²) < 4.78 is 4.54. The maximum absolute atomic E-state index is 10.8. The van der Waals surface area contributed by atoms with Gasteiger partial charge in [-0.3, -0.25) is 0 Å². The molecule has 0 aromatic rings. The molecule has 5 heteroatoms. The molecule has 1 aliphatic heterocycles. The summed E-state index contributed by atoms with van der Waals surface area (Å²) in [5, 5.41) is 27.1. The summed E-state index contributed by atoms with van der Waals surface area (Å²) in [5.74, 6) is -1.38. The Bertz CT molecular complexity index is 179. The Labute approximate surface area is 69.6 Å². The van der Waals surface area contributed by atoms with Crippen LogP contribution in [0.25, 0.3) is 0 Å². The summed E-state index contributed by atoms with van der Waals surface area (Å²) in [6.07, 6.45) is -3.19. The van der Waals surface area contributed by atoms with E-state index >= 15 is 0 Å². The van der Waals surface area contributed by atoms with E-state index in [1.165, 1.54) is 6.92 Å². The van der Waals surface area contributed by atoms with Crippen molar-refractivity contribution >= 4 is 5.97 Å². The van der Waals surface area contributed by atoms with Crippen molar-refractivity contribution in [3.05, 3.63) is 0 Å². The molecule has 0 aliphatic carbocycles. The molecule has 1 aliphatic rings. The van der Waals surface area contributed by atoms with Gasteiger partial charge in [0.15, 0.2) is 12.2 Å². The monoisotopic (exact) mass is 176 g/mol. The number of aliphatic hydroxyl groups is 3. The highest BCUT2D eigenvalue weighted by molar-refractivity contribution is 5.75. The second-order valence-corrected chi connectivity index (χ2v) is 2.95. The lowest BCUT2D eigenvalue weighted by Gasteiger charge is -2.34. The van der Waals surface area contributed by atoms with Crippen LogP contribution in [0, 0.1) is 5.92 Å². The average Bonchev–Trinajstić information content (AvgIpc) is 2.08. The fourth-order valence-corrected chi connectivity index (χ4v) is 1.17. The molecule has 1 heterocycles. The number of hydrogen-bond acceptors (Lipinski definition) is 5. The van der Waals surface area contributed by atoms with Crippen molar-refractivity contribution in [3.8, 4) is 0 Å². The molecule has 0 spiro atoms. The summed E-state index contributed by atoms with van der Waals surface area (Å²) in [7, 11) is 0. The topological polar surface area (TPSA) is 87.0 Å². The van der Waals surface area contributed by atoms with Gasteiger partial charge in [0.1, 0.15) is 0 Å². The quantitative estimate of drug-likeness (QED) is 0.413. The van der Waals surface area contributed by atoms with Crippen molar-refractivity contribution < 1.29 is 24.9 Å². The van der Waals surface area contributed by atoms with Crippen LogP contribution in [0.2, 0.25) is 0 Å². The van der Waals surface area contributed by atoms with Crippen molar-refractivity contribution in [2.75, 3.05) is 6.61 Å². The minimum absolute atomic E-state index is 0.427. The fraction of sp³-hybridized carbons (Fsp3) is 0.857. The first-order chi connectivity index (χ1) is 5.57. The standard InChI is InChI=1S/C7H12O5/c1-3-5(9)4(2-8)12-7(11)6(3)10/h3-6,8-10H,2H2,1H3. The van der Waals surface area contributed by atoms with Crippen LogP contribution in [0.5, 0.6) is 0 Å². The van der Waals surface area contributed by atoms with Crippen LogP contribution in [-0.4, -0.2) is 46.2 Å². The van der Waals surface area contributed by atoms with Crippen molar-refractivity contribution in [1.29, 1.82) is 0 Å². The van der Waals surface area contributed by atoms with Crippen LogP contribution in [0.3, 0.4) is 0 Å². The molecule has 12 heavy (non-hydrogen) atoms. The number of rotatable bonds is 1. The molecular weight excluding hydrogens is 164 g/mol. The summed E-state index contributed by atoms with van der Waals surface area (Å²) in [6, 6.07) is 0. The van der Waals surface area contributed by atoms with Crippen molar-refractivity contribution in [3.63, 3.8) is 0 Å². The van der Waals surface area contributed by atoms with Crippen molar-refractivity contribution in [2.45, 2.75) is 25.2 Å². The number of ether oxygens (including phenoxy) is 1. The lowest BCUT2D eigenvalue weighted by atomic mass is 9.92. The molecule has 70 valence electrons. The minimum Gasteiger partial charge on any atom is -0.455 e. The van der Waals surface area contributed by atoms with Gasteiger partial charge in [0.2, 0.25) is 0 Å². The lowest BCUT2D eigenvalue weighted by molar-refractivity contribution is -0.193. The molecule has 0 saturated carbocycles. The SMILES string of the molecule is CC1C(O)C(=O)OC(CO)C1O. The Morgan fingerprint density at radius 1 is 1.50 bits per heavy atom. The third kappa shape index (κ3) is 1.43. The van der Waals surface area contributed by atoms with Gasteiger partial charge < -0.3 is 20.1 Å². The van der Waals surface area contributed by atoms with Crippen LogP contribution >= 0.6 is 0 Å². The summed E-state index contributed by atoms with van der Waals surface area (Å²) in [6.45, 7) is 1.10. The number of carbonyl (C=O) groups excluding carboxylic acids is 1. The van der Waals surface area contributed by atoms with Gasteiger partial charge in [-0.1, -0.05) is 6.92 Å². The van der Waals surface area contributed by atoms with Crippen molar-refractivity contribution in [1.82, 2.24) is 0 Å². The van der Waals surface area contributed by atoms with E-state index in [4.69, 9.17) is 10.2 Å². The molecule has 4 atom stereocenters. The smallest absolute Gasteiger partial charge is 0.335 e. The minimum atomic E-state index is -1.29. The van der Waals surface area contributed by atoms with E-state index in [1.807, 2.05) is 0 Å². The zero-order valence-electron chi connectivity index (χ0n) is 6.67. The number of cyclic esters (lactones) is 1. The Kier molecular flexibility index (Phi) is 2.66. The van der Waals surface area contributed by atoms with Crippen LogP contribution < -0.4 is 0 Å². The molecule has 4 unspecified atom stereocenters. The first-order valence-electron chi connectivity index (χ1n) is 3.75. The highest BCUT2D eigenvalue weighted by atomic mass is 16.6. The van der Waals surface area contributed by atoms with Gasteiger partial charge in [-0.25, -0.2) is 4.79 Å². The van der Waals surface area contributed by atoms with Gasteiger partial charge in [0.05, 0.1) is 12.7 Å². The molecule has 1 rings (SSSR count). The zero-order valence-corrected chi connectivity index (χ0v) is 6.67. The zero-order chi connectivity index (χ0) is 9.30. The predicted octanol–water partition coefficient (Wildman–Crippen LogP) is -1.74. The second kappa shape index (κ2) is 3.38.